The summed E-state index contributed by atoms with van der Waals surface area (Å²) in [6, 6.07) is 6.22. The van der Waals surface area contributed by atoms with Gasteiger partial charge in [-0.2, -0.15) is 0 Å². The number of halogens is 1. The van der Waals surface area contributed by atoms with Crippen molar-refractivity contribution in [3.05, 3.63) is 28.8 Å². The molecule has 1 aliphatic heterocycles. The Bertz CT molecular complexity index is 416. The molecule has 0 saturated carbocycles. The fraction of sp³-hybridized carbons (Fsp3) is 0.462. The maximum absolute atomic E-state index is 11.3. The molecule has 1 aliphatic rings. The van der Waals surface area contributed by atoms with E-state index in [1.807, 2.05) is 19.1 Å². The highest BCUT2D eigenvalue weighted by Gasteiger charge is 2.24. The van der Waals surface area contributed by atoms with Crippen LogP contribution in [0, 0.1) is 6.92 Å². The van der Waals surface area contributed by atoms with Gasteiger partial charge in [0, 0.05) is 36.1 Å². The van der Waals surface area contributed by atoms with Gasteiger partial charge in [0.2, 0.25) is 0 Å². The largest absolute Gasteiger partial charge is 0.368 e. The number of hydrogen-bond acceptors (Lipinski definition) is 2. The number of anilines is 1. The number of hydrogen-bond donors (Lipinski definition) is 0. The van der Waals surface area contributed by atoms with Crippen molar-refractivity contribution in [1.29, 1.82) is 0 Å². The van der Waals surface area contributed by atoms with E-state index >= 15 is 0 Å². The first-order chi connectivity index (χ1) is 7.59. The SMILES string of the molecule is Cc1c(Cl)cccc1N1CCC(=O)CC1C. The van der Waals surface area contributed by atoms with Gasteiger partial charge in [0.25, 0.3) is 0 Å². The van der Waals surface area contributed by atoms with Crippen LogP contribution in [-0.4, -0.2) is 18.4 Å². The van der Waals surface area contributed by atoms with Gasteiger partial charge in [-0.3, -0.25) is 4.79 Å². The van der Waals surface area contributed by atoms with Crippen molar-refractivity contribution >= 4 is 23.1 Å². The lowest BCUT2D eigenvalue weighted by atomic mass is 10.0. The Kier molecular flexibility index (Phi) is 3.20. The number of Topliss-reactive ketones (excluding diaryl/α,β-unsaturated/α-hetero) is 1. The number of nitrogens with zero attached hydrogens (tertiary/aromatic N) is 1. The monoisotopic (exact) mass is 237 g/mol. The third-order valence-corrected chi connectivity index (χ3v) is 3.64. The van der Waals surface area contributed by atoms with Crippen LogP contribution in [0.5, 0.6) is 0 Å². The quantitative estimate of drug-likeness (QED) is 0.748. The van der Waals surface area contributed by atoms with Crippen LogP contribution in [-0.2, 0) is 4.79 Å². The maximum Gasteiger partial charge on any atom is 0.136 e. The van der Waals surface area contributed by atoms with Crippen molar-refractivity contribution < 1.29 is 4.79 Å². The van der Waals surface area contributed by atoms with Crippen LogP contribution < -0.4 is 4.90 Å². The van der Waals surface area contributed by atoms with Crippen LogP contribution in [0.15, 0.2) is 18.2 Å². The number of carbonyl (C=O) groups excluding carboxylic acids is 1. The van der Waals surface area contributed by atoms with Gasteiger partial charge >= 0.3 is 0 Å². The molecule has 2 nitrogen and oxygen atoms in total. The number of carbonyl (C=O) groups is 1. The summed E-state index contributed by atoms with van der Waals surface area (Å²) in [5.74, 6) is 0.364. The smallest absolute Gasteiger partial charge is 0.136 e. The topological polar surface area (TPSA) is 20.3 Å². The van der Waals surface area contributed by atoms with E-state index in [4.69, 9.17) is 11.6 Å². The van der Waals surface area contributed by atoms with Crippen molar-refractivity contribution in [2.45, 2.75) is 32.7 Å². The van der Waals surface area contributed by atoms with Gasteiger partial charge in [0.05, 0.1) is 0 Å². The zero-order valence-electron chi connectivity index (χ0n) is 9.66. The second-order valence-electron chi connectivity index (χ2n) is 4.42. The Morgan fingerprint density at radius 2 is 2.19 bits per heavy atom. The van der Waals surface area contributed by atoms with Crippen LogP contribution >= 0.6 is 11.6 Å². The average molecular weight is 238 g/mol. The van der Waals surface area contributed by atoms with E-state index in [0.717, 1.165) is 22.8 Å². The Morgan fingerprint density at radius 1 is 1.44 bits per heavy atom. The molecule has 1 unspecified atom stereocenters. The summed E-state index contributed by atoms with van der Waals surface area (Å²) < 4.78 is 0. The Labute approximate surface area is 101 Å². The molecule has 1 fully saturated rings. The lowest BCUT2D eigenvalue weighted by molar-refractivity contribution is -0.120. The van der Waals surface area contributed by atoms with Crippen LogP contribution in [0.2, 0.25) is 5.02 Å². The molecule has 3 heteroatoms. The normalized spacial score (nSPS) is 21.3. The molecular formula is C13H16ClNO. The zero-order valence-corrected chi connectivity index (χ0v) is 10.4. The molecule has 1 heterocycles. The number of rotatable bonds is 1. The van der Waals surface area contributed by atoms with E-state index in [9.17, 15) is 4.79 Å². The summed E-state index contributed by atoms with van der Waals surface area (Å²) in [7, 11) is 0. The Balaban J connectivity index is 2.30. The van der Waals surface area contributed by atoms with E-state index in [1.165, 1.54) is 0 Å². The highest BCUT2D eigenvalue weighted by molar-refractivity contribution is 6.31. The minimum atomic E-state index is 0.276. The second-order valence-corrected chi connectivity index (χ2v) is 4.83. The molecule has 16 heavy (non-hydrogen) atoms. The highest BCUT2D eigenvalue weighted by Crippen LogP contribution is 2.30. The molecule has 0 aromatic heterocycles. The minimum Gasteiger partial charge on any atom is -0.368 e. The third kappa shape index (κ3) is 2.07. The minimum absolute atomic E-state index is 0.276. The van der Waals surface area contributed by atoms with Crippen LogP contribution in [0.3, 0.4) is 0 Å². The van der Waals surface area contributed by atoms with Crippen molar-refractivity contribution in [2.24, 2.45) is 0 Å². The third-order valence-electron chi connectivity index (χ3n) is 3.24. The maximum atomic E-state index is 11.3. The first-order valence-corrected chi connectivity index (χ1v) is 6.01. The van der Waals surface area contributed by atoms with Gasteiger partial charge < -0.3 is 4.90 Å². The zero-order chi connectivity index (χ0) is 11.7. The number of benzene rings is 1. The summed E-state index contributed by atoms with van der Waals surface area (Å²) >= 11 is 6.12. The van der Waals surface area contributed by atoms with E-state index in [-0.39, 0.29) is 6.04 Å². The summed E-state index contributed by atoms with van der Waals surface area (Å²) in [5.41, 5.74) is 2.26. The lowest BCUT2D eigenvalue weighted by Crippen LogP contribution is -2.41. The van der Waals surface area contributed by atoms with Gasteiger partial charge in [0.15, 0.2) is 0 Å². The molecular weight excluding hydrogens is 222 g/mol. The van der Waals surface area contributed by atoms with Crippen molar-refractivity contribution in [2.75, 3.05) is 11.4 Å². The molecule has 1 aromatic carbocycles. The summed E-state index contributed by atoms with van der Waals surface area (Å²) in [5, 5.41) is 0.793. The standard InChI is InChI=1S/C13H16ClNO/c1-9-8-11(16)6-7-15(9)13-5-3-4-12(14)10(13)2/h3-5,9H,6-8H2,1-2H3. The predicted octanol–water partition coefficient (Wildman–Crippen LogP) is 3.21. The number of ketones is 1. The molecule has 1 aromatic rings. The lowest BCUT2D eigenvalue weighted by Gasteiger charge is -2.35. The van der Waals surface area contributed by atoms with Gasteiger partial charge in [-0.05, 0) is 31.5 Å². The van der Waals surface area contributed by atoms with Crippen LogP contribution in [0.4, 0.5) is 5.69 Å². The van der Waals surface area contributed by atoms with E-state index in [1.54, 1.807) is 0 Å². The molecule has 0 amide bonds. The van der Waals surface area contributed by atoms with Crippen molar-refractivity contribution in [3.8, 4) is 0 Å². The molecule has 1 atom stereocenters. The first-order valence-electron chi connectivity index (χ1n) is 5.63. The fourth-order valence-corrected chi connectivity index (χ4v) is 2.44. The van der Waals surface area contributed by atoms with E-state index in [0.29, 0.717) is 18.6 Å². The van der Waals surface area contributed by atoms with E-state index < -0.39 is 0 Å². The molecule has 0 radical (unpaired) electrons. The Hall–Kier alpha value is -1.02. The predicted molar refractivity (Wildman–Crippen MR) is 67.2 cm³/mol. The highest BCUT2D eigenvalue weighted by atomic mass is 35.5. The molecule has 0 bridgehead atoms. The van der Waals surface area contributed by atoms with Gasteiger partial charge in [-0.1, -0.05) is 17.7 Å². The first kappa shape index (κ1) is 11.5. The second kappa shape index (κ2) is 4.46. The average Bonchev–Trinajstić information content (AvgIpc) is 2.23. The fourth-order valence-electron chi connectivity index (χ4n) is 2.27. The van der Waals surface area contributed by atoms with Gasteiger partial charge in [0.1, 0.15) is 5.78 Å². The molecule has 2 rings (SSSR count). The van der Waals surface area contributed by atoms with Crippen molar-refractivity contribution in [1.82, 2.24) is 0 Å². The van der Waals surface area contributed by atoms with Crippen LogP contribution in [0.25, 0.3) is 0 Å². The van der Waals surface area contributed by atoms with Crippen molar-refractivity contribution in [3.63, 3.8) is 0 Å². The van der Waals surface area contributed by atoms with E-state index in [2.05, 4.69) is 17.9 Å². The molecule has 1 saturated heterocycles. The molecule has 0 spiro atoms. The van der Waals surface area contributed by atoms with Gasteiger partial charge in [-0.15, -0.1) is 0 Å². The Morgan fingerprint density at radius 3 is 2.88 bits per heavy atom. The molecule has 86 valence electrons. The summed E-state index contributed by atoms with van der Waals surface area (Å²) in [6.45, 7) is 4.93. The summed E-state index contributed by atoms with van der Waals surface area (Å²) in [4.78, 5) is 13.6. The van der Waals surface area contributed by atoms with Crippen LogP contribution in [0.1, 0.15) is 25.3 Å². The summed E-state index contributed by atoms with van der Waals surface area (Å²) in [6.07, 6.45) is 1.29. The molecule has 0 aliphatic carbocycles. The van der Waals surface area contributed by atoms with Gasteiger partial charge in [-0.25, -0.2) is 0 Å². The number of piperidine rings is 1. The molecule has 0 N–H and O–H groups in total.